The largest absolute Gasteiger partial charge is 0.339 e. The van der Waals surface area contributed by atoms with E-state index in [4.69, 9.17) is 0 Å². The third-order valence-electron chi connectivity index (χ3n) is 4.59. The van der Waals surface area contributed by atoms with Crippen LogP contribution >= 0.6 is 0 Å². The lowest BCUT2D eigenvalue weighted by Gasteiger charge is -2.41. The monoisotopic (exact) mass is 301 g/mol. The lowest BCUT2D eigenvalue weighted by Crippen LogP contribution is -2.54. The van der Waals surface area contributed by atoms with E-state index < -0.39 is 0 Å². The van der Waals surface area contributed by atoms with Gasteiger partial charge in [0.25, 0.3) is 0 Å². The fourth-order valence-corrected chi connectivity index (χ4v) is 3.56. The van der Waals surface area contributed by atoms with E-state index in [2.05, 4.69) is 25.3 Å². The normalized spacial score (nSPS) is 23.3. The van der Waals surface area contributed by atoms with Crippen LogP contribution in [-0.2, 0) is 0 Å². The maximum absolute atomic E-state index is 14.4. The summed E-state index contributed by atoms with van der Waals surface area (Å²) in [6, 6.07) is 5.03. The van der Waals surface area contributed by atoms with Gasteiger partial charge in [-0.2, -0.15) is 0 Å². The Labute approximate surface area is 129 Å². The molecule has 0 aliphatic carbocycles. The molecule has 2 aliphatic rings. The maximum atomic E-state index is 14.4. The molecular weight excluding hydrogens is 281 g/mol. The van der Waals surface area contributed by atoms with Crippen molar-refractivity contribution in [3.63, 3.8) is 0 Å². The second kappa shape index (κ2) is 5.78. The van der Waals surface area contributed by atoms with Crippen LogP contribution in [0.15, 0.2) is 24.5 Å². The van der Waals surface area contributed by atoms with Crippen molar-refractivity contribution >= 4 is 16.7 Å². The molecule has 1 aromatic carbocycles. The van der Waals surface area contributed by atoms with E-state index in [0.717, 1.165) is 44.7 Å². The molecule has 1 aromatic heterocycles. The van der Waals surface area contributed by atoms with Crippen LogP contribution in [0.1, 0.15) is 25.7 Å². The summed E-state index contributed by atoms with van der Waals surface area (Å²) in [6.07, 6.45) is 6.33. The highest BCUT2D eigenvalue weighted by atomic mass is 19.1. The summed E-state index contributed by atoms with van der Waals surface area (Å²) in [5, 5.41) is 2.82. The van der Waals surface area contributed by atoms with Crippen molar-refractivity contribution in [1.29, 1.82) is 0 Å². The van der Waals surface area contributed by atoms with Gasteiger partial charge in [0.2, 0.25) is 0 Å². The van der Waals surface area contributed by atoms with Gasteiger partial charge in [0.1, 0.15) is 18.0 Å². The number of piperidine rings is 1. The Morgan fingerprint density at radius 1 is 1.14 bits per heavy atom. The molecule has 116 valence electrons. The van der Waals surface area contributed by atoms with E-state index in [1.54, 1.807) is 12.4 Å². The third-order valence-corrected chi connectivity index (χ3v) is 4.59. The second-order valence-corrected chi connectivity index (χ2v) is 5.96. The summed E-state index contributed by atoms with van der Waals surface area (Å²) in [5.74, 6) is 0.480. The number of benzene rings is 1. The Morgan fingerprint density at radius 2 is 2.09 bits per heavy atom. The Kier molecular flexibility index (Phi) is 3.63. The van der Waals surface area contributed by atoms with Crippen LogP contribution in [-0.4, -0.2) is 40.8 Å². The van der Waals surface area contributed by atoms with Gasteiger partial charge in [-0.05, 0) is 37.8 Å². The van der Waals surface area contributed by atoms with Gasteiger partial charge in [0, 0.05) is 19.6 Å². The molecule has 0 radical (unpaired) electrons. The molecule has 4 rings (SSSR count). The highest BCUT2D eigenvalue weighted by Gasteiger charge is 2.32. The number of hydrogen-bond donors (Lipinski definition) is 1. The smallest absolute Gasteiger partial charge is 0.144 e. The lowest BCUT2D eigenvalue weighted by molar-refractivity contribution is 0.144. The van der Waals surface area contributed by atoms with Crippen molar-refractivity contribution in [2.75, 3.05) is 24.5 Å². The number of hydrogen-bond acceptors (Lipinski definition) is 5. The first-order valence-corrected chi connectivity index (χ1v) is 8.00. The molecule has 2 fully saturated rings. The van der Waals surface area contributed by atoms with E-state index in [1.807, 2.05) is 6.07 Å². The fourth-order valence-electron chi connectivity index (χ4n) is 3.56. The number of anilines is 1. The molecular formula is C16H20FN5. The van der Waals surface area contributed by atoms with E-state index in [-0.39, 0.29) is 12.0 Å². The second-order valence-electron chi connectivity index (χ2n) is 5.96. The molecule has 2 aliphatic heterocycles. The number of aromatic nitrogens is 2. The molecule has 3 heterocycles. The topological polar surface area (TPSA) is 44.3 Å². The SMILES string of the molecule is Fc1cccc2ncnc(N3CCCCC3N3CCCN3)c12. The van der Waals surface area contributed by atoms with Crippen LogP contribution in [0.25, 0.3) is 10.9 Å². The van der Waals surface area contributed by atoms with Gasteiger partial charge >= 0.3 is 0 Å². The molecule has 1 atom stereocenters. The average Bonchev–Trinajstić information content (AvgIpc) is 3.09. The van der Waals surface area contributed by atoms with Crippen LogP contribution in [0.5, 0.6) is 0 Å². The van der Waals surface area contributed by atoms with Gasteiger partial charge in [0.05, 0.1) is 17.1 Å². The van der Waals surface area contributed by atoms with Gasteiger partial charge in [-0.15, -0.1) is 0 Å². The van der Waals surface area contributed by atoms with Crippen molar-refractivity contribution in [2.24, 2.45) is 0 Å². The minimum Gasteiger partial charge on any atom is -0.339 e. The maximum Gasteiger partial charge on any atom is 0.144 e. The van der Waals surface area contributed by atoms with Crippen LogP contribution in [0.3, 0.4) is 0 Å². The average molecular weight is 301 g/mol. The number of hydrazine groups is 1. The first-order chi connectivity index (χ1) is 10.8. The number of rotatable bonds is 2. The summed E-state index contributed by atoms with van der Waals surface area (Å²) in [5.41, 5.74) is 4.11. The molecule has 5 nitrogen and oxygen atoms in total. The Bertz CT molecular complexity index is 665. The van der Waals surface area contributed by atoms with Crippen LogP contribution in [0, 0.1) is 5.82 Å². The highest BCUT2D eigenvalue weighted by molar-refractivity contribution is 5.90. The number of nitrogens with zero attached hydrogens (tertiary/aromatic N) is 4. The summed E-state index contributed by atoms with van der Waals surface area (Å²) in [6.45, 7) is 2.96. The minimum absolute atomic E-state index is 0.244. The Hall–Kier alpha value is -1.79. The van der Waals surface area contributed by atoms with Gasteiger partial charge in [-0.1, -0.05) is 6.07 Å². The molecule has 1 N–H and O–H groups in total. The van der Waals surface area contributed by atoms with Crippen molar-refractivity contribution < 1.29 is 4.39 Å². The summed E-state index contributed by atoms with van der Waals surface area (Å²) in [4.78, 5) is 10.9. The van der Waals surface area contributed by atoms with Gasteiger partial charge in [-0.25, -0.2) is 19.4 Å². The summed E-state index contributed by atoms with van der Waals surface area (Å²) < 4.78 is 14.4. The zero-order valence-electron chi connectivity index (χ0n) is 12.5. The standard InChI is InChI=1S/C16H20FN5/c17-12-5-3-6-13-15(12)16(19-11-18-13)21-9-2-1-7-14(21)22-10-4-8-20-22/h3,5-6,11,14,20H,1-2,4,7-10H2. The van der Waals surface area contributed by atoms with E-state index >= 15 is 0 Å². The highest BCUT2D eigenvalue weighted by Crippen LogP contribution is 2.31. The molecule has 2 saturated heterocycles. The van der Waals surface area contributed by atoms with Gasteiger partial charge < -0.3 is 4.90 Å². The Balaban J connectivity index is 1.78. The van der Waals surface area contributed by atoms with Crippen LogP contribution < -0.4 is 10.3 Å². The Morgan fingerprint density at radius 3 is 2.95 bits per heavy atom. The summed E-state index contributed by atoms with van der Waals surface area (Å²) in [7, 11) is 0. The van der Waals surface area contributed by atoms with Crippen LogP contribution in [0.4, 0.5) is 10.2 Å². The molecule has 1 unspecified atom stereocenters. The number of nitrogens with one attached hydrogen (secondary N) is 1. The molecule has 0 bridgehead atoms. The zero-order chi connectivity index (χ0) is 14.9. The third kappa shape index (κ3) is 2.32. The molecule has 6 heteroatoms. The van der Waals surface area contributed by atoms with Gasteiger partial charge in [0.15, 0.2) is 0 Å². The van der Waals surface area contributed by atoms with Gasteiger partial charge in [-0.3, -0.25) is 5.43 Å². The summed E-state index contributed by atoms with van der Waals surface area (Å²) >= 11 is 0. The molecule has 22 heavy (non-hydrogen) atoms. The zero-order valence-corrected chi connectivity index (χ0v) is 12.5. The van der Waals surface area contributed by atoms with E-state index in [1.165, 1.54) is 12.5 Å². The van der Waals surface area contributed by atoms with Crippen molar-refractivity contribution in [2.45, 2.75) is 31.8 Å². The number of halogens is 1. The lowest BCUT2D eigenvalue weighted by atomic mass is 10.1. The first kappa shape index (κ1) is 13.8. The molecule has 0 amide bonds. The number of fused-ring (bicyclic) bond motifs is 1. The predicted molar refractivity (Wildman–Crippen MR) is 83.8 cm³/mol. The first-order valence-electron chi connectivity index (χ1n) is 8.00. The quantitative estimate of drug-likeness (QED) is 0.922. The van der Waals surface area contributed by atoms with Crippen molar-refractivity contribution in [3.8, 4) is 0 Å². The van der Waals surface area contributed by atoms with Crippen LogP contribution in [0.2, 0.25) is 0 Å². The fraction of sp³-hybridized carbons (Fsp3) is 0.500. The predicted octanol–water partition coefficient (Wildman–Crippen LogP) is 2.30. The molecule has 0 spiro atoms. The van der Waals surface area contributed by atoms with Crippen molar-refractivity contribution in [1.82, 2.24) is 20.4 Å². The van der Waals surface area contributed by atoms with E-state index in [9.17, 15) is 4.39 Å². The molecule has 0 saturated carbocycles. The minimum atomic E-state index is -0.244. The molecule has 2 aromatic rings. The van der Waals surface area contributed by atoms with E-state index in [0.29, 0.717) is 10.9 Å². The van der Waals surface area contributed by atoms with Crippen molar-refractivity contribution in [3.05, 3.63) is 30.3 Å².